The summed E-state index contributed by atoms with van der Waals surface area (Å²) in [6.45, 7) is 4.89. The number of ether oxygens (including phenoxy) is 1. The molecule has 0 saturated heterocycles. The molecular formula is C21H27N5O. The number of likely N-dealkylation sites (N-methyl/N-ethyl adjacent to an activating group) is 1. The van der Waals surface area contributed by atoms with Crippen LogP contribution in [0.3, 0.4) is 0 Å². The van der Waals surface area contributed by atoms with Crippen LogP contribution >= 0.6 is 0 Å². The molecule has 0 bridgehead atoms. The zero-order chi connectivity index (χ0) is 18.8. The summed E-state index contributed by atoms with van der Waals surface area (Å²) >= 11 is 0. The van der Waals surface area contributed by atoms with E-state index in [1.165, 1.54) is 16.7 Å². The minimum atomic E-state index is 0.364. The lowest BCUT2D eigenvalue weighted by Crippen LogP contribution is -2.26. The van der Waals surface area contributed by atoms with Gasteiger partial charge in [0.1, 0.15) is 11.0 Å². The van der Waals surface area contributed by atoms with Crippen LogP contribution in [0.2, 0.25) is 0 Å². The molecule has 1 aliphatic rings. The number of benzene rings is 1. The zero-order valence-electron chi connectivity index (χ0n) is 16.1. The third kappa shape index (κ3) is 3.76. The van der Waals surface area contributed by atoms with Gasteiger partial charge in [-0.15, -0.1) is 0 Å². The lowest BCUT2D eigenvalue weighted by molar-refractivity contribution is 0.287. The van der Waals surface area contributed by atoms with Gasteiger partial charge in [-0.05, 0) is 36.6 Å². The maximum atomic E-state index is 6.11. The number of unbranched alkanes of at least 4 members (excludes halogenated alkanes) is 1. The topological polar surface area (TPSA) is 80.1 Å². The first-order chi connectivity index (χ1) is 13.1. The Labute approximate surface area is 159 Å². The van der Waals surface area contributed by atoms with Crippen molar-refractivity contribution in [2.45, 2.75) is 39.2 Å². The van der Waals surface area contributed by atoms with Crippen LogP contribution in [0.25, 0.3) is 11.0 Å². The molecule has 1 aliphatic heterocycles. The zero-order valence-corrected chi connectivity index (χ0v) is 16.1. The van der Waals surface area contributed by atoms with Crippen molar-refractivity contribution in [2.24, 2.45) is 0 Å². The lowest BCUT2D eigenvalue weighted by atomic mass is 9.95. The molecule has 0 aliphatic carbocycles. The Morgan fingerprint density at radius 3 is 3.00 bits per heavy atom. The lowest BCUT2D eigenvalue weighted by Gasteiger charge is -2.25. The molecule has 0 saturated carbocycles. The maximum absolute atomic E-state index is 6.11. The number of hydrogen-bond donors (Lipinski definition) is 2. The number of fused-ring (bicyclic) bond motifs is 2. The summed E-state index contributed by atoms with van der Waals surface area (Å²) in [5, 5.41) is 0. The van der Waals surface area contributed by atoms with E-state index < -0.39 is 0 Å². The van der Waals surface area contributed by atoms with Crippen molar-refractivity contribution in [3.63, 3.8) is 0 Å². The standard InChI is InChI=1S/C21H27N5O/c1-3-4-9-27-21-24-18-17(12-23-19(18)20(22)25-21)11-14-5-6-16-13-26(2)8-7-15(16)10-14/h5-6,10,12,23H,3-4,7-9,11,13H2,1-2H3,(H2,22,24,25). The Kier molecular flexibility index (Phi) is 4.99. The summed E-state index contributed by atoms with van der Waals surface area (Å²) in [6, 6.07) is 7.19. The van der Waals surface area contributed by atoms with Crippen molar-refractivity contribution in [2.75, 3.05) is 25.9 Å². The third-order valence-electron chi connectivity index (χ3n) is 5.21. The average Bonchev–Trinajstić information content (AvgIpc) is 3.05. The Bertz CT molecular complexity index is 949. The van der Waals surface area contributed by atoms with Crippen LogP contribution in [-0.4, -0.2) is 40.1 Å². The van der Waals surface area contributed by atoms with Gasteiger partial charge in [-0.1, -0.05) is 31.5 Å². The number of nitrogens with two attached hydrogens (primary N) is 1. The normalized spacial score (nSPS) is 14.4. The summed E-state index contributed by atoms with van der Waals surface area (Å²) in [5.74, 6) is 0.436. The highest BCUT2D eigenvalue weighted by Gasteiger charge is 2.16. The fourth-order valence-corrected chi connectivity index (χ4v) is 3.64. The predicted molar refractivity (Wildman–Crippen MR) is 108 cm³/mol. The summed E-state index contributed by atoms with van der Waals surface area (Å²) < 4.78 is 5.67. The second kappa shape index (κ2) is 7.56. The predicted octanol–water partition coefficient (Wildman–Crippen LogP) is 3.30. The van der Waals surface area contributed by atoms with E-state index in [0.717, 1.165) is 55.4 Å². The van der Waals surface area contributed by atoms with Crippen LogP contribution in [0.4, 0.5) is 5.82 Å². The number of anilines is 1. The molecule has 0 atom stereocenters. The van der Waals surface area contributed by atoms with Gasteiger partial charge in [-0.25, -0.2) is 0 Å². The molecule has 142 valence electrons. The highest BCUT2D eigenvalue weighted by molar-refractivity contribution is 5.87. The van der Waals surface area contributed by atoms with Crippen molar-refractivity contribution in [1.29, 1.82) is 0 Å². The Hall–Kier alpha value is -2.60. The van der Waals surface area contributed by atoms with E-state index in [0.29, 0.717) is 18.4 Å². The maximum Gasteiger partial charge on any atom is 0.319 e. The van der Waals surface area contributed by atoms with Gasteiger partial charge >= 0.3 is 6.01 Å². The molecule has 4 rings (SSSR count). The van der Waals surface area contributed by atoms with E-state index in [-0.39, 0.29) is 0 Å². The summed E-state index contributed by atoms with van der Waals surface area (Å²) in [4.78, 5) is 14.5. The van der Waals surface area contributed by atoms with Crippen LogP contribution < -0.4 is 10.5 Å². The van der Waals surface area contributed by atoms with E-state index in [1.54, 1.807) is 0 Å². The Morgan fingerprint density at radius 2 is 2.15 bits per heavy atom. The van der Waals surface area contributed by atoms with E-state index in [2.05, 4.69) is 52.0 Å². The summed E-state index contributed by atoms with van der Waals surface area (Å²) in [6.07, 6.45) is 5.96. The van der Waals surface area contributed by atoms with Crippen molar-refractivity contribution in [3.05, 3.63) is 46.6 Å². The number of nitrogen functional groups attached to an aromatic ring is 1. The van der Waals surface area contributed by atoms with Gasteiger partial charge in [0.15, 0.2) is 5.82 Å². The van der Waals surface area contributed by atoms with E-state index in [4.69, 9.17) is 10.5 Å². The minimum Gasteiger partial charge on any atom is -0.463 e. The highest BCUT2D eigenvalue weighted by Crippen LogP contribution is 2.26. The largest absolute Gasteiger partial charge is 0.463 e. The van der Waals surface area contributed by atoms with E-state index in [1.807, 2.05) is 6.20 Å². The number of H-pyrrole nitrogens is 1. The SMILES string of the molecule is CCCCOc1nc(N)c2[nH]cc(Cc3ccc4c(c3)CCN(C)C4)c2n1. The third-order valence-corrected chi connectivity index (χ3v) is 5.21. The van der Waals surface area contributed by atoms with Gasteiger partial charge in [0.2, 0.25) is 0 Å². The van der Waals surface area contributed by atoms with Crippen molar-refractivity contribution < 1.29 is 4.74 Å². The molecule has 1 aromatic carbocycles. The Balaban J connectivity index is 1.60. The van der Waals surface area contributed by atoms with Crippen LogP contribution in [0.5, 0.6) is 6.01 Å². The van der Waals surface area contributed by atoms with Crippen molar-refractivity contribution >= 4 is 16.9 Å². The van der Waals surface area contributed by atoms with E-state index >= 15 is 0 Å². The van der Waals surface area contributed by atoms with Gasteiger partial charge < -0.3 is 20.4 Å². The van der Waals surface area contributed by atoms with Gasteiger partial charge in [-0.3, -0.25) is 0 Å². The molecule has 2 aromatic heterocycles. The molecule has 0 amide bonds. The van der Waals surface area contributed by atoms with E-state index in [9.17, 15) is 0 Å². The molecule has 6 heteroatoms. The molecule has 0 spiro atoms. The van der Waals surface area contributed by atoms with Gasteiger partial charge in [-0.2, -0.15) is 9.97 Å². The van der Waals surface area contributed by atoms with Crippen LogP contribution in [0, 0.1) is 0 Å². The fraction of sp³-hybridized carbons (Fsp3) is 0.429. The second-order valence-corrected chi connectivity index (χ2v) is 7.40. The highest BCUT2D eigenvalue weighted by atomic mass is 16.5. The van der Waals surface area contributed by atoms with Crippen LogP contribution in [0.1, 0.15) is 42.0 Å². The molecule has 3 N–H and O–H groups in total. The fourth-order valence-electron chi connectivity index (χ4n) is 3.64. The first-order valence-corrected chi connectivity index (χ1v) is 9.69. The first kappa shape index (κ1) is 17.8. The quantitative estimate of drug-likeness (QED) is 0.655. The number of nitrogens with one attached hydrogen (secondary N) is 1. The van der Waals surface area contributed by atoms with Crippen molar-refractivity contribution in [1.82, 2.24) is 19.9 Å². The van der Waals surface area contributed by atoms with Crippen molar-refractivity contribution in [3.8, 4) is 6.01 Å². The molecule has 6 nitrogen and oxygen atoms in total. The summed E-state index contributed by atoms with van der Waals surface area (Å²) in [5.41, 5.74) is 13.1. The number of aromatic amines is 1. The molecule has 0 unspecified atom stereocenters. The second-order valence-electron chi connectivity index (χ2n) is 7.40. The van der Waals surface area contributed by atoms with Gasteiger partial charge in [0.05, 0.1) is 6.61 Å². The van der Waals surface area contributed by atoms with Crippen LogP contribution in [0.15, 0.2) is 24.4 Å². The first-order valence-electron chi connectivity index (χ1n) is 9.69. The molecule has 0 radical (unpaired) electrons. The van der Waals surface area contributed by atoms with Gasteiger partial charge in [0.25, 0.3) is 0 Å². The molecule has 3 heterocycles. The summed E-state index contributed by atoms with van der Waals surface area (Å²) in [7, 11) is 2.17. The molecule has 3 aromatic rings. The monoisotopic (exact) mass is 365 g/mol. The molecule has 27 heavy (non-hydrogen) atoms. The minimum absolute atomic E-state index is 0.364. The number of aromatic nitrogens is 3. The van der Waals surface area contributed by atoms with Gasteiger partial charge in [0, 0.05) is 31.3 Å². The number of rotatable bonds is 6. The smallest absolute Gasteiger partial charge is 0.319 e. The number of hydrogen-bond acceptors (Lipinski definition) is 5. The number of nitrogens with zero attached hydrogens (tertiary/aromatic N) is 3. The molecule has 0 fully saturated rings. The average molecular weight is 365 g/mol. The Morgan fingerprint density at radius 1 is 1.26 bits per heavy atom. The molecular weight excluding hydrogens is 338 g/mol. The van der Waals surface area contributed by atoms with Crippen LogP contribution in [-0.2, 0) is 19.4 Å².